The number of carbonyl (C=O) groups is 3. The van der Waals surface area contributed by atoms with Crippen molar-refractivity contribution in [3.05, 3.63) is 55.9 Å². The summed E-state index contributed by atoms with van der Waals surface area (Å²) in [5, 5.41) is 17.4. The first-order valence-corrected chi connectivity index (χ1v) is 10.4. The smallest absolute Gasteiger partial charge is 0.341 e. The molecule has 0 saturated carbocycles. The lowest BCUT2D eigenvalue weighted by Gasteiger charge is -2.12. The van der Waals surface area contributed by atoms with Crippen molar-refractivity contribution in [2.75, 3.05) is 11.9 Å². The zero-order valence-corrected chi connectivity index (χ0v) is 17.5. The third-order valence-corrected chi connectivity index (χ3v) is 5.79. The van der Waals surface area contributed by atoms with Crippen molar-refractivity contribution in [1.82, 2.24) is 5.43 Å². The van der Waals surface area contributed by atoms with Crippen molar-refractivity contribution in [3.8, 4) is 0 Å². The van der Waals surface area contributed by atoms with Crippen molar-refractivity contribution in [2.45, 2.75) is 32.6 Å². The summed E-state index contributed by atoms with van der Waals surface area (Å²) in [6, 6.07) is 5.84. The summed E-state index contributed by atoms with van der Waals surface area (Å²) < 4.78 is 5.12. The lowest BCUT2D eigenvalue weighted by Crippen LogP contribution is -2.32. The van der Waals surface area contributed by atoms with Gasteiger partial charge < -0.3 is 10.1 Å². The van der Waals surface area contributed by atoms with Crippen LogP contribution in [0.3, 0.4) is 0 Å². The number of esters is 1. The molecule has 0 aliphatic heterocycles. The van der Waals surface area contributed by atoms with E-state index in [9.17, 15) is 24.5 Å². The van der Waals surface area contributed by atoms with E-state index in [0.29, 0.717) is 12.0 Å². The first kappa shape index (κ1) is 22.1. The van der Waals surface area contributed by atoms with Crippen LogP contribution in [-0.4, -0.2) is 35.5 Å². The minimum atomic E-state index is -1.07. The maximum absolute atomic E-state index is 12.4. The molecule has 2 aromatic rings. The lowest BCUT2D eigenvalue weighted by molar-refractivity contribution is -0.385. The molecule has 0 spiro atoms. The Morgan fingerprint density at radius 3 is 2.71 bits per heavy atom. The van der Waals surface area contributed by atoms with Crippen molar-refractivity contribution in [1.29, 1.82) is 0 Å². The Labute approximate surface area is 181 Å². The molecule has 0 fully saturated rings. The minimum absolute atomic E-state index is 0.170. The highest BCUT2D eigenvalue weighted by molar-refractivity contribution is 7.17. The summed E-state index contributed by atoms with van der Waals surface area (Å²) >= 11 is 1.26. The summed E-state index contributed by atoms with van der Waals surface area (Å²) in [4.78, 5) is 48.3. The van der Waals surface area contributed by atoms with Crippen molar-refractivity contribution in [2.24, 2.45) is 5.10 Å². The molecule has 1 aromatic heterocycles. The van der Waals surface area contributed by atoms with Gasteiger partial charge >= 0.3 is 17.8 Å². The maximum atomic E-state index is 12.4. The van der Waals surface area contributed by atoms with E-state index in [-0.39, 0.29) is 22.9 Å². The number of hydrogen-bond acceptors (Lipinski definition) is 8. The van der Waals surface area contributed by atoms with Crippen LogP contribution in [0, 0.1) is 10.1 Å². The summed E-state index contributed by atoms with van der Waals surface area (Å²) in [6.45, 7) is 1.88. The van der Waals surface area contributed by atoms with Gasteiger partial charge in [0.1, 0.15) is 5.00 Å². The third kappa shape index (κ3) is 5.12. The van der Waals surface area contributed by atoms with Crippen molar-refractivity contribution in [3.63, 3.8) is 0 Å². The molecule has 1 aliphatic carbocycles. The van der Waals surface area contributed by atoms with E-state index in [1.54, 1.807) is 13.0 Å². The largest absolute Gasteiger partial charge is 0.462 e. The minimum Gasteiger partial charge on any atom is -0.462 e. The third-order valence-electron chi connectivity index (χ3n) is 4.59. The highest BCUT2D eigenvalue weighted by Crippen LogP contribution is 2.38. The average molecular weight is 444 g/mol. The predicted molar refractivity (Wildman–Crippen MR) is 114 cm³/mol. The number of carbonyl (C=O) groups excluding carboxylic acids is 3. The fourth-order valence-electron chi connectivity index (χ4n) is 3.21. The number of para-hydroxylation sites is 1. The van der Waals surface area contributed by atoms with Gasteiger partial charge in [-0.25, -0.2) is 10.2 Å². The van der Waals surface area contributed by atoms with Crippen LogP contribution < -0.4 is 10.7 Å². The fourth-order valence-corrected chi connectivity index (χ4v) is 4.48. The fraction of sp³-hybridized carbons (Fsp3) is 0.300. The number of fused-ring (bicyclic) bond motifs is 1. The Morgan fingerprint density at radius 1 is 1.23 bits per heavy atom. The lowest BCUT2D eigenvalue weighted by atomic mass is 9.95. The van der Waals surface area contributed by atoms with E-state index in [2.05, 4.69) is 10.4 Å². The van der Waals surface area contributed by atoms with E-state index >= 15 is 0 Å². The molecule has 10 nitrogen and oxygen atoms in total. The van der Waals surface area contributed by atoms with Crippen LogP contribution in [-0.2, 0) is 27.2 Å². The Bertz CT molecular complexity index is 1060. The number of thiophene rings is 1. The highest BCUT2D eigenvalue weighted by Gasteiger charge is 2.28. The van der Waals surface area contributed by atoms with Crippen molar-refractivity contribution < 1.29 is 24.0 Å². The van der Waals surface area contributed by atoms with Crippen LogP contribution in [0.25, 0.3) is 0 Å². The van der Waals surface area contributed by atoms with E-state index in [1.807, 2.05) is 5.43 Å². The number of benzene rings is 1. The molecule has 0 bridgehead atoms. The van der Waals surface area contributed by atoms with Gasteiger partial charge in [0.25, 0.3) is 5.69 Å². The van der Waals surface area contributed by atoms with Gasteiger partial charge in [-0.3, -0.25) is 19.7 Å². The normalized spacial score (nSPS) is 12.8. The molecule has 1 heterocycles. The van der Waals surface area contributed by atoms with Crippen LogP contribution in [0.4, 0.5) is 10.7 Å². The van der Waals surface area contributed by atoms with Crippen LogP contribution in [0.2, 0.25) is 0 Å². The number of amides is 2. The molecule has 11 heteroatoms. The standard InChI is InChI=1S/C20H20N4O6S/c1-2-30-20(27)16-13-8-4-6-10-15(13)31-19(16)22-17(25)18(26)23-21-11-12-7-3-5-9-14(12)24(28)29/h3,5,7,9,11H,2,4,6,8,10H2,1H3,(H,22,25)(H,23,26). The number of nitro benzene ring substituents is 1. The second-order valence-electron chi connectivity index (χ2n) is 6.60. The molecule has 0 saturated heterocycles. The Morgan fingerprint density at radius 2 is 1.97 bits per heavy atom. The first-order valence-electron chi connectivity index (χ1n) is 9.61. The van der Waals surface area contributed by atoms with E-state index < -0.39 is 22.7 Å². The molecular formula is C20H20N4O6S. The van der Waals surface area contributed by atoms with E-state index in [1.165, 1.54) is 29.5 Å². The summed E-state index contributed by atoms with van der Waals surface area (Å²) in [6.07, 6.45) is 4.52. The van der Waals surface area contributed by atoms with Gasteiger partial charge in [-0.1, -0.05) is 12.1 Å². The number of nitro groups is 1. The van der Waals surface area contributed by atoms with Gasteiger partial charge in [0.05, 0.1) is 28.9 Å². The molecular weight excluding hydrogens is 424 g/mol. The number of anilines is 1. The molecule has 2 amide bonds. The molecule has 1 aromatic carbocycles. The summed E-state index contributed by atoms with van der Waals surface area (Å²) in [5.74, 6) is -2.62. The number of hydrogen-bond donors (Lipinski definition) is 2. The quantitative estimate of drug-likeness (QED) is 0.231. The molecule has 0 unspecified atom stereocenters. The summed E-state index contributed by atoms with van der Waals surface area (Å²) in [7, 11) is 0. The van der Waals surface area contributed by atoms with Gasteiger partial charge in [-0.15, -0.1) is 11.3 Å². The van der Waals surface area contributed by atoms with Gasteiger partial charge in [0.15, 0.2) is 0 Å². The van der Waals surface area contributed by atoms with Crippen LogP contribution in [0.5, 0.6) is 0 Å². The molecule has 1 aliphatic rings. The average Bonchev–Trinajstić information content (AvgIpc) is 3.11. The van der Waals surface area contributed by atoms with E-state index in [4.69, 9.17) is 4.74 Å². The predicted octanol–water partition coefficient (Wildman–Crippen LogP) is 2.80. The highest BCUT2D eigenvalue weighted by atomic mass is 32.1. The van der Waals surface area contributed by atoms with Gasteiger partial charge in [0, 0.05) is 10.9 Å². The van der Waals surface area contributed by atoms with Gasteiger partial charge in [-0.05, 0) is 44.2 Å². The monoisotopic (exact) mass is 444 g/mol. The summed E-state index contributed by atoms with van der Waals surface area (Å²) in [5.41, 5.74) is 3.18. The molecule has 0 radical (unpaired) electrons. The first-order chi connectivity index (χ1) is 14.9. The number of nitrogens with zero attached hydrogens (tertiary/aromatic N) is 2. The Hall–Kier alpha value is -3.60. The Kier molecular flexibility index (Phi) is 7.08. The number of nitrogens with one attached hydrogen (secondary N) is 2. The van der Waals surface area contributed by atoms with Crippen LogP contribution >= 0.6 is 11.3 Å². The molecule has 0 atom stereocenters. The van der Waals surface area contributed by atoms with Crippen molar-refractivity contribution >= 4 is 46.0 Å². The van der Waals surface area contributed by atoms with Gasteiger partial charge in [-0.2, -0.15) is 5.10 Å². The zero-order chi connectivity index (χ0) is 22.4. The van der Waals surface area contributed by atoms with E-state index in [0.717, 1.165) is 35.9 Å². The molecule has 3 rings (SSSR count). The number of rotatable bonds is 6. The molecule has 162 valence electrons. The number of hydrazone groups is 1. The molecule has 31 heavy (non-hydrogen) atoms. The number of aryl methyl sites for hydroxylation is 1. The number of ether oxygens (including phenoxy) is 1. The zero-order valence-electron chi connectivity index (χ0n) is 16.7. The Balaban J connectivity index is 1.72. The topological polar surface area (TPSA) is 140 Å². The maximum Gasteiger partial charge on any atom is 0.341 e. The van der Waals surface area contributed by atoms with Gasteiger partial charge in [0.2, 0.25) is 0 Å². The second kappa shape index (κ2) is 9.94. The van der Waals surface area contributed by atoms with Crippen LogP contribution in [0.15, 0.2) is 29.4 Å². The second-order valence-corrected chi connectivity index (χ2v) is 7.71. The molecule has 2 N–H and O–H groups in total. The SMILES string of the molecule is CCOC(=O)c1c(NC(=O)C(=O)NN=Cc2ccccc2[N+](=O)[O-])sc2c1CCCC2. The van der Waals surface area contributed by atoms with Crippen LogP contribution in [0.1, 0.15) is 46.1 Å².